The molecule has 0 atom stereocenters. The Bertz CT molecular complexity index is 991. The number of hydrogen-bond donors (Lipinski definition) is 2. The Kier molecular flexibility index (Phi) is 5.79. The van der Waals surface area contributed by atoms with Gasteiger partial charge in [-0.2, -0.15) is 13.2 Å². The number of aromatic nitrogens is 1. The highest BCUT2D eigenvalue weighted by Gasteiger charge is 2.32. The predicted octanol–water partition coefficient (Wildman–Crippen LogP) is 6.03. The van der Waals surface area contributed by atoms with Crippen LogP contribution in [-0.2, 0) is 12.6 Å². The Hall–Kier alpha value is -2.68. The van der Waals surface area contributed by atoms with Gasteiger partial charge in [-0.05, 0) is 67.3 Å². The molecule has 3 N–H and O–H groups in total. The van der Waals surface area contributed by atoms with Crippen LogP contribution in [-0.4, -0.2) is 17.9 Å². The maximum Gasteiger partial charge on any atom is 0.573 e. The number of nitrogens with one attached hydrogen (secondary N) is 1. The van der Waals surface area contributed by atoms with Crippen molar-refractivity contribution in [2.24, 2.45) is 5.73 Å². The molecule has 0 bridgehead atoms. The van der Waals surface area contributed by atoms with Crippen LogP contribution in [0.1, 0.15) is 24.0 Å². The molecule has 0 fully saturated rings. The van der Waals surface area contributed by atoms with Crippen LogP contribution in [0, 0.1) is 0 Å². The Labute approximate surface area is 162 Å². The van der Waals surface area contributed by atoms with Crippen LogP contribution in [0.5, 0.6) is 5.75 Å². The van der Waals surface area contributed by atoms with Crippen molar-refractivity contribution in [2.45, 2.75) is 31.8 Å². The first-order valence-electron chi connectivity index (χ1n) is 8.86. The number of fused-ring (bicyclic) bond motifs is 1. The lowest BCUT2D eigenvalue weighted by molar-refractivity contribution is -0.274. The van der Waals surface area contributed by atoms with Gasteiger partial charge in [0.1, 0.15) is 5.75 Å². The molecule has 0 aliphatic carbocycles. The Morgan fingerprint density at radius 1 is 0.931 bits per heavy atom. The molecule has 0 radical (unpaired) electrons. The van der Waals surface area contributed by atoms with Gasteiger partial charge in [-0.1, -0.05) is 12.1 Å². The molecule has 0 amide bonds. The molecule has 0 aliphatic heterocycles. The van der Waals surface area contributed by atoms with E-state index in [0.717, 1.165) is 18.2 Å². The first kappa shape index (κ1) is 21.0. The fourth-order valence-electron chi connectivity index (χ4n) is 3.23. The molecular formula is C20H18F6N2O. The molecule has 0 saturated heterocycles. The Morgan fingerprint density at radius 2 is 1.69 bits per heavy atom. The molecule has 3 aromatic rings. The number of alkyl halides is 6. The zero-order valence-corrected chi connectivity index (χ0v) is 15.1. The molecule has 1 aromatic heterocycles. The summed E-state index contributed by atoms with van der Waals surface area (Å²) in [5, 5.41) is 0.469. The van der Waals surface area contributed by atoms with E-state index in [1.807, 2.05) is 0 Å². The third-order valence-electron chi connectivity index (χ3n) is 4.47. The molecule has 3 nitrogen and oxygen atoms in total. The Balaban J connectivity index is 2.11. The summed E-state index contributed by atoms with van der Waals surface area (Å²) in [7, 11) is 0. The number of unbranched alkanes of at least 4 members (excludes halogenated alkanes) is 1. The number of hydrogen-bond acceptors (Lipinski definition) is 2. The minimum absolute atomic E-state index is 0.303. The second-order valence-electron chi connectivity index (χ2n) is 6.56. The van der Waals surface area contributed by atoms with Gasteiger partial charge in [0.2, 0.25) is 0 Å². The summed E-state index contributed by atoms with van der Waals surface area (Å²) in [6.45, 7) is 0.434. The van der Waals surface area contributed by atoms with E-state index in [9.17, 15) is 26.3 Å². The second-order valence-corrected chi connectivity index (χ2v) is 6.56. The maximum absolute atomic E-state index is 13.1. The van der Waals surface area contributed by atoms with Crippen LogP contribution in [0.4, 0.5) is 26.3 Å². The number of halogens is 6. The summed E-state index contributed by atoms with van der Waals surface area (Å²) in [6.07, 6.45) is -7.59. The van der Waals surface area contributed by atoms with Crippen molar-refractivity contribution < 1.29 is 31.1 Å². The van der Waals surface area contributed by atoms with Gasteiger partial charge in [0.25, 0.3) is 0 Å². The molecule has 0 aliphatic rings. The third kappa shape index (κ3) is 5.03. The molecule has 156 valence electrons. The zero-order valence-electron chi connectivity index (χ0n) is 15.1. The highest BCUT2D eigenvalue weighted by atomic mass is 19.4. The third-order valence-corrected chi connectivity index (χ3v) is 4.47. The van der Waals surface area contributed by atoms with Crippen LogP contribution >= 0.6 is 0 Å². The van der Waals surface area contributed by atoms with E-state index in [-0.39, 0.29) is 5.75 Å². The molecule has 0 unspecified atom stereocenters. The van der Waals surface area contributed by atoms with Crippen LogP contribution in [0.3, 0.4) is 0 Å². The van der Waals surface area contributed by atoms with Crippen molar-refractivity contribution in [3.05, 3.63) is 53.6 Å². The zero-order chi connectivity index (χ0) is 21.2. The quantitative estimate of drug-likeness (QED) is 0.381. The van der Waals surface area contributed by atoms with Crippen LogP contribution in [0.25, 0.3) is 22.2 Å². The average Bonchev–Trinajstić information content (AvgIpc) is 2.98. The van der Waals surface area contributed by atoms with Crippen molar-refractivity contribution in [1.82, 2.24) is 4.98 Å². The van der Waals surface area contributed by atoms with Crippen molar-refractivity contribution in [3.63, 3.8) is 0 Å². The number of aryl methyl sites for hydroxylation is 1. The topological polar surface area (TPSA) is 51.0 Å². The molecule has 0 spiro atoms. The van der Waals surface area contributed by atoms with Gasteiger partial charge in [0.05, 0.1) is 5.56 Å². The van der Waals surface area contributed by atoms with Gasteiger partial charge in [0.15, 0.2) is 0 Å². The van der Waals surface area contributed by atoms with E-state index in [0.29, 0.717) is 53.5 Å². The van der Waals surface area contributed by atoms with Gasteiger partial charge in [-0.3, -0.25) is 0 Å². The van der Waals surface area contributed by atoms with E-state index in [4.69, 9.17) is 5.73 Å². The van der Waals surface area contributed by atoms with Crippen molar-refractivity contribution in [2.75, 3.05) is 6.54 Å². The van der Waals surface area contributed by atoms with Gasteiger partial charge < -0.3 is 15.5 Å². The standard InChI is InChI=1S/C20H18F6N2O/c21-19(22,23)13-5-3-4-12(10-13)18-15(6-1-2-9-27)16-11-14(29-20(24,25)26)7-8-17(16)28-18/h3-5,7-8,10-11,28H,1-2,6,9,27H2. The average molecular weight is 416 g/mol. The minimum Gasteiger partial charge on any atom is -0.406 e. The summed E-state index contributed by atoms with van der Waals surface area (Å²) in [5.41, 5.74) is 6.58. The number of ether oxygens (including phenoxy) is 1. The molecule has 9 heteroatoms. The molecular weight excluding hydrogens is 398 g/mol. The number of aromatic amines is 1. The summed E-state index contributed by atoms with van der Waals surface area (Å²) in [4.78, 5) is 3.04. The smallest absolute Gasteiger partial charge is 0.406 e. The number of nitrogens with two attached hydrogens (primary N) is 1. The largest absolute Gasteiger partial charge is 0.573 e. The molecule has 1 heterocycles. The van der Waals surface area contributed by atoms with Crippen molar-refractivity contribution >= 4 is 10.9 Å². The van der Waals surface area contributed by atoms with E-state index in [2.05, 4.69) is 9.72 Å². The molecule has 0 saturated carbocycles. The van der Waals surface area contributed by atoms with Crippen LogP contribution in [0.2, 0.25) is 0 Å². The second kappa shape index (κ2) is 7.98. The first-order chi connectivity index (χ1) is 13.6. The lowest BCUT2D eigenvalue weighted by Gasteiger charge is -2.10. The summed E-state index contributed by atoms with van der Waals surface area (Å²) >= 11 is 0. The molecule has 2 aromatic carbocycles. The number of rotatable bonds is 6. The van der Waals surface area contributed by atoms with Crippen LogP contribution in [0.15, 0.2) is 42.5 Å². The van der Waals surface area contributed by atoms with Gasteiger partial charge in [-0.15, -0.1) is 13.2 Å². The van der Waals surface area contributed by atoms with E-state index >= 15 is 0 Å². The van der Waals surface area contributed by atoms with E-state index < -0.39 is 18.1 Å². The highest BCUT2D eigenvalue weighted by Crippen LogP contribution is 2.37. The lowest BCUT2D eigenvalue weighted by atomic mass is 9.99. The highest BCUT2D eigenvalue weighted by molar-refractivity contribution is 5.91. The fraction of sp³-hybridized carbons (Fsp3) is 0.300. The maximum atomic E-state index is 13.1. The van der Waals surface area contributed by atoms with Crippen molar-refractivity contribution in [1.29, 1.82) is 0 Å². The monoisotopic (exact) mass is 416 g/mol. The predicted molar refractivity (Wildman–Crippen MR) is 97.4 cm³/mol. The number of H-pyrrole nitrogens is 1. The minimum atomic E-state index is -4.84. The first-order valence-corrected chi connectivity index (χ1v) is 8.86. The van der Waals surface area contributed by atoms with Gasteiger partial charge in [0, 0.05) is 16.6 Å². The van der Waals surface area contributed by atoms with Gasteiger partial charge in [-0.25, -0.2) is 0 Å². The fourth-order valence-corrected chi connectivity index (χ4v) is 3.23. The van der Waals surface area contributed by atoms with Crippen molar-refractivity contribution in [3.8, 4) is 17.0 Å². The summed E-state index contributed by atoms with van der Waals surface area (Å²) < 4.78 is 81.0. The molecule has 29 heavy (non-hydrogen) atoms. The van der Waals surface area contributed by atoms with Crippen LogP contribution < -0.4 is 10.5 Å². The number of benzene rings is 2. The van der Waals surface area contributed by atoms with E-state index in [1.165, 1.54) is 24.3 Å². The molecule has 3 rings (SSSR count). The summed E-state index contributed by atoms with van der Waals surface area (Å²) in [6, 6.07) is 8.63. The van der Waals surface area contributed by atoms with E-state index in [1.54, 1.807) is 0 Å². The summed E-state index contributed by atoms with van der Waals surface area (Å²) in [5.74, 6) is -0.389. The normalized spacial score (nSPS) is 12.5. The SMILES string of the molecule is NCCCCc1c(-c2cccc(C(F)(F)F)c2)[nH]c2ccc(OC(F)(F)F)cc12. The Morgan fingerprint density at radius 3 is 2.34 bits per heavy atom. The lowest BCUT2D eigenvalue weighted by Crippen LogP contribution is -2.16. The van der Waals surface area contributed by atoms with Gasteiger partial charge >= 0.3 is 12.5 Å².